The third-order valence-electron chi connectivity index (χ3n) is 8.56. The summed E-state index contributed by atoms with van der Waals surface area (Å²) in [7, 11) is 0. The highest BCUT2D eigenvalue weighted by molar-refractivity contribution is 6.05. The van der Waals surface area contributed by atoms with E-state index in [0.29, 0.717) is 22.4 Å². The first kappa shape index (κ1) is 26.2. The number of hydrogen-bond donors (Lipinski definition) is 2. The van der Waals surface area contributed by atoms with Gasteiger partial charge in [0.05, 0.1) is 18.5 Å². The van der Waals surface area contributed by atoms with Crippen molar-refractivity contribution in [3.05, 3.63) is 101 Å². The normalized spacial score (nSPS) is 23.3. The Bertz CT molecular complexity index is 1470. The molecule has 6 nitrogen and oxygen atoms in total. The number of fused-ring (bicyclic) bond motifs is 1. The van der Waals surface area contributed by atoms with Crippen molar-refractivity contribution in [3.8, 4) is 0 Å². The molecule has 4 atom stereocenters. The summed E-state index contributed by atoms with van der Waals surface area (Å²) in [4.78, 5) is 40.8. The zero-order valence-electron chi connectivity index (χ0n) is 22.2. The fraction of sp³-hybridized carbons (Fsp3) is 0.344. The van der Waals surface area contributed by atoms with Crippen LogP contribution < -0.4 is 10.6 Å². The fourth-order valence-electron chi connectivity index (χ4n) is 5.98. The van der Waals surface area contributed by atoms with Crippen molar-refractivity contribution >= 4 is 23.4 Å². The highest BCUT2D eigenvalue weighted by Crippen LogP contribution is 2.48. The van der Waals surface area contributed by atoms with Crippen LogP contribution in [0.5, 0.6) is 0 Å². The summed E-state index contributed by atoms with van der Waals surface area (Å²) >= 11 is 0. The lowest BCUT2D eigenvalue weighted by Crippen LogP contribution is -2.47. The lowest BCUT2D eigenvalue weighted by molar-refractivity contribution is -0.139. The van der Waals surface area contributed by atoms with E-state index in [1.807, 2.05) is 43.3 Å². The van der Waals surface area contributed by atoms with E-state index in [4.69, 9.17) is 0 Å². The largest absolute Gasteiger partial charge is 0.343 e. The van der Waals surface area contributed by atoms with E-state index in [-0.39, 0.29) is 36.5 Å². The minimum Gasteiger partial charge on any atom is -0.343 e. The maximum atomic E-state index is 15.2. The molecule has 2 fully saturated rings. The Morgan fingerprint density at radius 3 is 2.50 bits per heavy atom. The van der Waals surface area contributed by atoms with Gasteiger partial charge in [0.1, 0.15) is 18.0 Å². The van der Waals surface area contributed by atoms with Gasteiger partial charge in [-0.3, -0.25) is 14.4 Å². The number of para-hydroxylation sites is 1. The molecule has 8 heteroatoms. The average Bonchev–Trinajstić information content (AvgIpc) is 3.44. The van der Waals surface area contributed by atoms with Crippen LogP contribution in [-0.2, 0) is 19.8 Å². The molecule has 0 radical (unpaired) electrons. The number of rotatable bonds is 7. The maximum absolute atomic E-state index is 15.2. The lowest BCUT2D eigenvalue weighted by atomic mass is 9.92. The van der Waals surface area contributed by atoms with Crippen LogP contribution in [0.2, 0.25) is 0 Å². The van der Waals surface area contributed by atoms with Crippen molar-refractivity contribution < 1.29 is 23.2 Å². The van der Waals surface area contributed by atoms with Gasteiger partial charge in [0.25, 0.3) is 0 Å². The zero-order valence-corrected chi connectivity index (χ0v) is 22.2. The second-order valence-electron chi connectivity index (χ2n) is 11.4. The second-order valence-corrected chi connectivity index (χ2v) is 11.4. The van der Waals surface area contributed by atoms with Crippen molar-refractivity contribution in [2.24, 2.45) is 0 Å². The molecule has 3 aromatic rings. The molecular formula is C32H31F2N3O3. The number of benzene rings is 3. The topological polar surface area (TPSA) is 78.5 Å². The van der Waals surface area contributed by atoms with E-state index < -0.39 is 36.0 Å². The van der Waals surface area contributed by atoms with Crippen LogP contribution in [0.15, 0.2) is 72.8 Å². The maximum Gasteiger partial charge on any atom is 0.243 e. The van der Waals surface area contributed by atoms with Crippen LogP contribution >= 0.6 is 0 Å². The summed E-state index contributed by atoms with van der Waals surface area (Å²) in [6.07, 6.45) is 0.208. The van der Waals surface area contributed by atoms with Crippen LogP contribution in [0.25, 0.3) is 0 Å². The molecule has 40 heavy (non-hydrogen) atoms. The number of anilines is 1. The molecule has 3 aromatic carbocycles. The summed E-state index contributed by atoms with van der Waals surface area (Å²) in [5, 5.41) is 5.75. The molecule has 2 aliphatic heterocycles. The van der Waals surface area contributed by atoms with E-state index in [2.05, 4.69) is 10.6 Å². The van der Waals surface area contributed by atoms with Crippen LogP contribution in [0, 0.1) is 5.82 Å². The Morgan fingerprint density at radius 1 is 1.05 bits per heavy atom. The molecule has 1 saturated carbocycles. The van der Waals surface area contributed by atoms with Gasteiger partial charge in [-0.25, -0.2) is 8.78 Å². The molecule has 4 unspecified atom stereocenters. The van der Waals surface area contributed by atoms with Crippen LogP contribution in [0.4, 0.5) is 14.5 Å². The van der Waals surface area contributed by atoms with Crippen molar-refractivity contribution in [3.63, 3.8) is 0 Å². The number of likely N-dealkylation sites (tertiary alicyclic amines) is 1. The number of amides is 3. The van der Waals surface area contributed by atoms with Gasteiger partial charge >= 0.3 is 0 Å². The monoisotopic (exact) mass is 543 g/mol. The number of carbonyl (C=O) groups is 3. The fourth-order valence-corrected chi connectivity index (χ4v) is 5.98. The number of carbonyl (C=O) groups excluding carboxylic acids is 3. The van der Waals surface area contributed by atoms with Crippen LogP contribution in [0.1, 0.15) is 66.8 Å². The number of nitrogens with zero attached hydrogens (tertiary/aromatic N) is 1. The first-order valence-corrected chi connectivity index (χ1v) is 13.7. The molecule has 6 rings (SSSR count). The Hall–Kier alpha value is -4.07. The smallest absolute Gasteiger partial charge is 0.243 e. The Kier molecular flexibility index (Phi) is 6.64. The van der Waals surface area contributed by atoms with Crippen LogP contribution in [-0.4, -0.2) is 41.4 Å². The third kappa shape index (κ3) is 4.87. The number of halogens is 2. The zero-order chi connectivity index (χ0) is 28.0. The third-order valence-corrected chi connectivity index (χ3v) is 8.56. The van der Waals surface area contributed by atoms with E-state index in [9.17, 15) is 18.8 Å². The molecule has 1 aliphatic carbocycles. The number of hydrogen-bond acceptors (Lipinski definition) is 3. The van der Waals surface area contributed by atoms with Crippen molar-refractivity contribution in [1.82, 2.24) is 10.2 Å². The number of nitrogens with one attached hydrogen (secondary N) is 2. The van der Waals surface area contributed by atoms with Gasteiger partial charge in [0.2, 0.25) is 17.7 Å². The van der Waals surface area contributed by atoms with E-state index in [1.165, 1.54) is 11.0 Å². The van der Waals surface area contributed by atoms with Gasteiger partial charge in [0, 0.05) is 18.5 Å². The van der Waals surface area contributed by atoms with Crippen LogP contribution in [0.3, 0.4) is 0 Å². The minimum absolute atomic E-state index is 0.141. The van der Waals surface area contributed by atoms with Gasteiger partial charge in [-0.15, -0.1) is 0 Å². The van der Waals surface area contributed by atoms with E-state index >= 15 is 4.39 Å². The van der Waals surface area contributed by atoms with Gasteiger partial charge < -0.3 is 15.5 Å². The molecule has 1 saturated heterocycles. The van der Waals surface area contributed by atoms with Gasteiger partial charge in [0.15, 0.2) is 0 Å². The van der Waals surface area contributed by atoms with Gasteiger partial charge in [-0.05, 0) is 52.6 Å². The van der Waals surface area contributed by atoms with E-state index in [0.717, 1.165) is 18.4 Å². The Balaban J connectivity index is 1.23. The molecule has 2 N–H and O–H groups in total. The molecule has 3 aliphatic rings. The molecule has 0 spiro atoms. The summed E-state index contributed by atoms with van der Waals surface area (Å²) in [5.74, 6) is -2.28. The van der Waals surface area contributed by atoms with E-state index in [1.54, 1.807) is 30.3 Å². The summed E-state index contributed by atoms with van der Waals surface area (Å²) < 4.78 is 29.9. The highest BCUT2D eigenvalue weighted by atomic mass is 19.1. The average molecular weight is 544 g/mol. The predicted octanol–water partition coefficient (Wildman–Crippen LogP) is 5.15. The Labute approximate surface area is 231 Å². The summed E-state index contributed by atoms with van der Waals surface area (Å²) in [6.45, 7) is 1.82. The first-order valence-electron chi connectivity index (χ1n) is 13.7. The van der Waals surface area contributed by atoms with Crippen molar-refractivity contribution in [2.75, 3.05) is 11.9 Å². The predicted molar refractivity (Wildman–Crippen MR) is 147 cm³/mol. The lowest BCUT2D eigenvalue weighted by Gasteiger charge is -2.28. The van der Waals surface area contributed by atoms with Crippen molar-refractivity contribution in [2.45, 2.75) is 62.2 Å². The molecule has 3 amide bonds. The molecule has 206 valence electrons. The standard InChI is InChI=1S/C32H31F2N3O3/c1-32(13-14-32)24-12-11-20(15-25(24)34)29(19-7-3-2-4-8-19)36-31(40)27-16-21(33)18-37(27)28(38)17-23-22-9-5-6-10-26(22)35-30(23)39/h2-12,15,21,23,27,29H,13-14,16-18H2,1H3,(H,35,39)(H,36,40). The Morgan fingerprint density at radius 2 is 1.77 bits per heavy atom. The summed E-state index contributed by atoms with van der Waals surface area (Å²) in [6, 6.07) is 19.7. The molecule has 0 aromatic heterocycles. The molecule has 0 bridgehead atoms. The SMILES string of the molecule is CC1(c2ccc(C(NC(=O)C3CC(F)CN3C(=O)CC3C(=O)Nc4ccccc43)c3ccccc3)cc2F)CC1. The minimum atomic E-state index is -1.37. The quantitative estimate of drug-likeness (QED) is 0.433. The molecular weight excluding hydrogens is 512 g/mol. The molecule has 2 heterocycles. The van der Waals surface area contributed by atoms with Gasteiger partial charge in [-0.1, -0.05) is 67.6 Å². The highest BCUT2D eigenvalue weighted by Gasteiger charge is 2.43. The van der Waals surface area contributed by atoms with Crippen molar-refractivity contribution in [1.29, 1.82) is 0 Å². The second kappa shape index (κ2) is 10.2. The summed E-state index contributed by atoms with van der Waals surface area (Å²) in [5.41, 5.74) is 3.20. The number of alkyl halides is 1. The van der Waals surface area contributed by atoms with Gasteiger partial charge in [-0.2, -0.15) is 0 Å². The first-order chi connectivity index (χ1) is 19.2.